The molecule has 6 heteroatoms. The molecule has 110 valence electrons. The van der Waals surface area contributed by atoms with E-state index in [2.05, 4.69) is 38.1 Å². The highest BCUT2D eigenvalue weighted by atomic mass is 79.9. The third-order valence-electron chi connectivity index (χ3n) is 3.71. The van der Waals surface area contributed by atoms with E-state index < -0.39 is 0 Å². The molecule has 5 nitrogen and oxygen atoms in total. The largest absolute Gasteiger partial charge is 0.329 e. The van der Waals surface area contributed by atoms with E-state index in [9.17, 15) is 4.79 Å². The molecule has 0 aliphatic carbocycles. The summed E-state index contributed by atoms with van der Waals surface area (Å²) >= 11 is 3.32. The molecule has 1 aliphatic heterocycles. The van der Waals surface area contributed by atoms with Gasteiger partial charge in [-0.15, -0.1) is 0 Å². The number of hydrogen-bond acceptors (Lipinski definition) is 4. The zero-order valence-electron chi connectivity index (χ0n) is 11.7. The summed E-state index contributed by atoms with van der Waals surface area (Å²) in [6, 6.07) is 3.94. The Hall–Kier alpha value is -0.980. The topological polar surface area (TPSA) is 71.2 Å². The third-order valence-corrected chi connectivity index (χ3v) is 4.18. The van der Waals surface area contributed by atoms with E-state index >= 15 is 0 Å². The van der Waals surface area contributed by atoms with Gasteiger partial charge in [0.15, 0.2) is 0 Å². The second-order valence-corrected chi connectivity index (χ2v) is 6.32. The van der Waals surface area contributed by atoms with E-state index in [1.54, 1.807) is 12.3 Å². The first-order valence-corrected chi connectivity index (χ1v) is 7.73. The number of likely N-dealkylation sites (tertiary alicyclic amines) is 1. The highest BCUT2D eigenvalue weighted by Gasteiger charge is 2.26. The maximum absolute atomic E-state index is 12.1. The number of rotatable bonds is 4. The van der Waals surface area contributed by atoms with E-state index in [1.807, 2.05) is 6.07 Å². The van der Waals surface area contributed by atoms with Gasteiger partial charge in [0.2, 0.25) is 5.91 Å². The molecule has 2 rings (SSSR count). The number of nitrogens with one attached hydrogen (secondary N) is 1. The first-order valence-electron chi connectivity index (χ1n) is 6.94. The first-order chi connectivity index (χ1) is 9.58. The van der Waals surface area contributed by atoms with Crippen molar-refractivity contribution in [2.24, 2.45) is 11.7 Å². The van der Waals surface area contributed by atoms with E-state index in [0.29, 0.717) is 30.9 Å². The Morgan fingerprint density at radius 1 is 1.60 bits per heavy atom. The van der Waals surface area contributed by atoms with Crippen molar-refractivity contribution in [3.8, 4) is 0 Å². The molecule has 0 bridgehead atoms. The second-order valence-electron chi connectivity index (χ2n) is 5.40. The minimum atomic E-state index is -0.0344. The molecule has 1 amide bonds. The van der Waals surface area contributed by atoms with Crippen molar-refractivity contribution in [1.29, 1.82) is 0 Å². The van der Waals surface area contributed by atoms with Crippen molar-refractivity contribution in [2.75, 3.05) is 25.0 Å². The Morgan fingerprint density at radius 3 is 3.05 bits per heavy atom. The number of amides is 1. The predicted octanol–water partition coefficient (Wildman–Crippen LogP) is 1.84. The van der Waals surface area contributed by atoms with Crippen LogP contribution in [0.15, 0.2) is 22.8 Å². The Bertz CT molecular complexity index is 451. The fraction of sp³-hybridized carbons (Fsp3) is 0.571. The van der Waals surface area contributed by atoms with Crippen LogP contribution in [0.2, 0.25) is 0 Å². The molecular weight excluding hydrogens is 320 g/mol. The predicted molar refractivity (Wildman–Crippen MR) is 83.4 cm³/mol. The van der Waals surface area contributed by atoms with Gasteiger partial charge in [-0.2, -0.15) is 0 Å². The van der Waals surface area contributed by atoms with Crippen LogP contribution in [0.1, 0.15) is 19.8 Å². The van der Waals surface area contributed by atoms with Crippen LogP contribution in [0.5, 0.6) is 0 Å². The molecule has 0 saturated carbocycles. The lowest BCUT2D eigenvalue weighted by molar-refractivity contribution is -0.118. The van der Waals surface area contributed by atoms with Crippen LogP contribution in [-0.2, 0) is 4.79 Å². The molecule has 20 heavy (non-hydrogen) atoms. The minimum Gasteiger partial charge on any atom is -0.329 e. The standard InChI is InChI=1S/C14H21BrN4O/c1-10-4-5-19(12(6-10)7-16)9-14(20)18-13-3-2-11(15)8-17-13/h2-3,8,10,12H,4-7,9,16H2,1H3,(H,17,18,20). The number of aromatic nitrogens is 1. The van der Waals surface area contributed by atoms with Gasteiger partial charge >= 0.3 is 0 Å². The first kappa shape index (κ1) is 15.4. The zero-order chi connectivity index (χ0) is 14.5. The Labute approximate surface area is 128 Å². The second kappa shape index (κ2) is 7.15. The van der Waals surface area contributed by atoms with E-state index in [-0.39, 0.29) is 5.91 Å². The van der Waals surface area contributed by atoms with Crippen molar-refractivity contribution < 1.29 is 4.79 Å². The van der Waals surface area contributed by atoms with Gasteiger partial charge in [0.25, 0.3) is 0 Å². The molecule has 2 heterocycles. The van der Waals surface area contributed by atoms with Crippen LogP contribution in [-0.4, -0.2) is 41.5 Å². The van der Waals surface area contributed by atoms with Crippen LogP contribution in [0.3, 0.4) is 0 Å². The van der Waals surface area contributed by atoms with Gasteiger partial charge in [-0.1, -0.05) is 6.92 Å². The van der Waals surface area contributed by atoms with E-state index in [1.165, 1.54) is 0 Å². The summed E-state index contributed by atoms with van der Waals surface area (Å²) in [5.74, 6) is 1.23. The fourth-order valence-corrected chi connectivity index (χ4v) is 2.80. The Balaban J connectivity index is 1.88. The molecule has 1 aliphatic rings. The average Bonchev–Trinajstić information content (AvgIpc) is 2.43. The normalized spacial score (nSPS) is 23.6. The van der Waals surface area contributed by atoms with Crippen molar-refractivity contribution in [2.45, 2.75) is 25.8 Å². The molecule has 1 saturated heterocycles. The summed E-state index contributed by atoms with van der Waals surface area (Å²) in [7, 11) is 0. The van der Waals surface area contributed by atoms with Crippen LogP contribution >= 0.6 is 15.9 Å². The van der Waals surface area contributed by atoms with E-state index in [0.717, 1.165) is 23.9 Å². The maximum Gasteiger partial charge on any atom is 0.239 e. The molecule has 1 fully saturated rings. The van der Waals surface area contributed by atoms with Crippen molar-refractivity contribution >= 4 is 27.7 Å². The molecule has 0 radical (unpaired) electrons. The van der Waals surface area contributed by atoms with Gasteiger partial charge in [0, 0.05) is 23.3 Å². The monoisotopic (exact) mass is 340 g/mol. The van der Waals surface area contributed by atoms with Crippen molar-refractivity contribution in [3.05, 3.63) is 22.8 Å². The molecule has 0 aromatic carbocycles. The number of nitrogens with two attached hydrogens (primary N) is 1. The Morgan fingerprint density at radius 2 is 2.40 bits per heavy atom. The number of pyridine rings is 1. The fourth-order valence-electron chi connectivity index (χ4n) is 2.57. The van der Waals surface area contributed by atoms with Crippen LogP contribution in [0.4, 0.5) is 5.82 Å². The average molecular weight is 341 g/mol. The quantitative estimate of drug-likeness (QED) is 0.877. The smallest absolute Gasteiger partial charge is 0.239 e. The molecule has 1 aromatic rings. The summed E-state index contributed by atoms with van der Waals surface area (Å²) < 4.78 is 0.892. The summed E-state index contributed by atoms with van der Waals surface area (Å²) in [5.41, 5.74) is 5.81. The summed E-state index contributed by atoms with van der Waals surface area (Å²) in [5, 5.41) is 2.82. The lowest BCUT2D eigenvalue weighted by Crippen LogP contribution is -2.49. The summed E-state index contributed by atoms with van der Waals surface area (Å²) in [4.78, 5) is 18.4. The summed E-state index contributed by atoms with van der Waals surface area (Å²) in [6.07, 6.45) is 3.86. The Kier molecular flexibility index (Phi) is 5.51. The molecular formula is C14H21BrN4O. The number of hydrogen-bond donors (Lipinski definition) is 2. The van der Waals surface area contributed by atoms with Crippen LogP contribution in [0, 0.1) is 5.92 Å². The molecule has 3 N–H and O–H groups in total. The van der Waals surface area contributed by atoms with Crippen LogP contribution < -0.4 is 11.1 Å². The van der Waals surface area contributed by atoms with Gasteiger partial charge in [-0.3, -0.25) is 9.69 Å². The number of anilines is 1. The number of halogens is 1. The third kappa shape index (κ3) is 4.26. The van der Waals surface area contributed by atoms with Crippen molar-refractivity contribution in [1.82, 2.24) is 9.88 Å². The van der Waals surface area contributed by atoms with E-state index in [4.69, 9.17) is 5.73 Å². The highest BCUT2D eigenvalue weighted by Crippen LogP contribution is 2.21. The molecule has 0 spiro atoms. The SMILES string of the molecule is CC1CCN(CC(=O)Nc2ccc(Br)cn2)C(CN)C1. The molecule has 1 aromatic heterocycles. The van der Waals surface area contributed by atoms with Crippen LogP contribution in [0.25, 0.3) is 0 Å². The van der Waals surface area contributed by atoms with Gasteiger partial charge < -0.3 is 11.1 Å². The number of carbonyl (C=O) groups excluding carboxylic acids is 1. The van der Waals surface area contributed by atoms with Gasteiger partial charge in [0.05, 0.1) is 6.54 Å². The number of carbonyl (C=O) groups is 1. The lowest BCUT2D eigenvalue weighted by Gasteiger charge is -2.37. The summed E-state index contributed by atoms with van der Waals surface area (Å²) in [6.45, 7) is 4.16. The minimum absolute atomic E-state index is 0.0344. The lowest BCUT2D eigenvalue weighted by atomic mass is 9.92. The molecule has 2 atom stereocenters. The number of nitrogens with zero attached hydrogens (tertiary/aromatic N) is 2. The van der Waals surface area contributed by atoms with Crippen molar-refractivity contribution in [3.63, 3.8) is 0 Å². The van der Waals surface area contributed by atoms with Gasteiger partial charge in [-0.25, -0.2) is 4.98 Å². The van der Waals surface area contributed by atoms with Gasteiger partial charge in [0.1, 0.15) is 5.82 Å². The highest BCUT2D eigenvalue weighted by molar-refractivity contribution is 9.10. The number of piperidine rings is 1. The zero-order valence-corrected chi connectivity index (χ0v) is 13.3. The molecule has 2 unspecified atom stereocenters. The van der Waals surface area contributed by atoms with Gasteiger partial charge in [-0.05, 0) is 53.4 Å². The maximum atomic E-state index is 12.1.